The van der Waals surface area contributed by atoms with Gasteiger partial charge in [-0.25, -0.2) is 0 Å². The fraction of sp³-hybridized carbons (Fsp3) is 0.429. The maximum absolute atomic E-state index is 11.4. The molecule has 1 aromatic carbocycles. The highest BCUT2D eigenvalue weighted by atomic mass is 16.5. The molecule has 0 bridgehead atoms. The predicted octanol–water partition coefficient (Wildman–Crippen LogP) is 2.23. The first-order valence-electron chi connectivity index (χ1n) is 5.77. The lowest BCUT2D eigenvalue weighted by Crippen LogP contribution is -2.10. The fourth-order valence-electron chi connectivity index (χ4n) is 1.76. The first-order valence-corrected chi connectivity index (χ1v) is 5.77. The minimum Gasteiger partial charge on any atom is -0.466 e. The van der Waals surface area contributed by atoms with E-state index in [0.29, 0.717) is 13.0 Å². The van der Waals surface area contributed by atoms with Gasteiger partial charge in [0.05, 0.1) is 13.0 Å². The van der Waals surface area contributed by atoms with Crippen molar-refractivity contribution < 1.29 is 14.3 Å². The molecule has 0 aliphatic carbocycles. The lowest BCUT2D eigenvalue weighted by Gasteiger charge is -2.09. The van der Waals surface area contributed by atoms with Crippen LogP contribution in [0.25, 0.3) is 0 Å². The van der Waals surface area contributed by atoms with Gasteiger partial charge in [-0.3, -0.25) is 9.59 Å². The van der Waals surface area contributed by atoms with Crippen LogP contribution in [-0.4, -0.2) is 18.4 Å². The number of ketones is 1. The Morgan fingerprint density at radius 1 is 1.18 bits per heavy atom. The zero-order chi connectivity index (χ0) is 12.8. The molecule has 0 amide bonds. The number of carbonyl (C=O) groups excluding carboxylic acids is 2. The Hall–Kier alpha value is -1.64. The number of carbonyl (C=O) groups is 2. The van der Waals surface area contributed by atoms with Gasteiger partial charge in [-0.2, -0.15) is 0 Å². The zero-order valence-corrected chi connectivity index (χ0v) is 10.6. The highest BCUT2D eigenvalue weighted by Crippen LogP contribution is 2.15. The molecule has 0 heterocycles. The van der Waals surface area contributed by atoms with E-state index in [1.165, 1.54) is 0 Å². The molecule has 0 atom stereocenters. The number of ether oxygens (including phenoxy) is 1. The van der Waals surface area contributed by atoms with E-state index in [2.05, 4.69) is 0 Å². The van der Waals surface area contributed by atoms with Crippen molar-refractivity contribution in [3.8, 4) is 0 Å². The summed E-state index contributed by atoms with van der Waals surface area (Å²) in [5, 5.41) is 0. The van der Waals surface area contributed by atoms with Crippen molar-refractivity contribution in [2.75, 3.05) is 6.61 Å². The third-order valence-corrected chi connectivity index (χ3v) is 2.64. The van der Waals surface area contributed by atoms with Crippen LogP contribution in [0.5, 0.6) is 0 Å². The molecule has 0 spiro atoms. The summed E-state index contributed by atoms with van der Waals surface area (Å²) in [6.45, 7) is 5.69. The molecule has 0 radical (unpaired) electrons. The Bertz CT molecular complexity index is 421. The van der Waals surface area contributed by atoms with E-state index in [4.69, 9.17) is 4.74 Å². The monoisotopic (exact) mass is 234 g/mol. The second-order valence-corrected chi connectivity index (χ2v) is 4.06. The van der Waals surface area contributed by atoms with Gasteiger partial charge < -0.3 is 4.74 Å². The van der Waals surface area contributed by atoms with Crippen LogP contribution in [-0.2, 0) is 27.2 Å². The molecule has 0 aliphatic rings. The summed E-state index contributed by atoms with van der Waals surface area (Å²) in [7, 11) is 0. The predicted molar refractivity (Wildman–Crippen MR) is 65.9 cm³/mol. The minimum atomic E-state index is -0.226. The molecule has 0 unspecified atom stereocenters. The summed E-state index contributed by atoms with van der Waals surface area (Å²) in [5.41, 5.74) is 2.93. The van der Waals surface area contributed by atoms with Crippen LogP contribution in [0.15, 0.2) is 18.2 Å². The van der Waals surface area contributed by atoms with E-state index in [-0.39, 0.29) is 18.2 Å². The fourth-order valence-corrected chi connectivity index (χ4v) is 1.76. The highest BCUT2D eigenvalue weighted by Gasteiger charge is 2.10. The van der Waals surface area contributed by atoms with E-state index >= 15 is 0 Å². The molecule has 0 N–H and O–H groups in total. The van der Waals surface area contributed by atoms with Gasteiger partial charge >= 0.3 is 5.97 Å². The molecular formula is C14H18O3. The Balaban J connectivity index is 2.86. The van der Waals surface area contributed by atoms with E-state index in [1.807, 2.05) is 25.1 Å². The van der Waals surface area contributed by atoms with Crippen LogP contribution >= 0.6 is 0 Å². The normalized spacial score (nSPS) is 10.1. The third-order valence-electron chi connectivity index (χ3n) is 2.64. The lowest BCUT2D eigenvalue weighted by atomic mass is 9.97. The van der Waals surface area contributed by atoms with Crippen molar-refractivity contribution in [2.24, 2.45) is 0 Å². The van der Waals surface area contributed by atoms with Gasteiger partial charge in [-0.1, -0.05) is 18.2 Å². The molecule has 92 valence electrons. The SMILES string of the molecule is CCOC(=O)Cc1cccc(CC(C)=O)c1C. The van der Waals surface area contributed by atoms with Gasteiger partial charge in [0.15, 0.2) is 0 Å². The van der Waals surface area contributed by atoms with Crippen molar-refractivity contribution in [3.63, 3.8) is 0 Å². The van der Waals surface area contributed by atoms with Crippen molar-refractivity contribution in [1.82, 2.24) is 0 Å². The van der Waals surface area contributed by atoms with Gasteiger partial charge in [-0.15, -0.1) is 0 Å². The Morgan fingerprint density at radius 3 is 2.29 bits per heavy atom. The van der Waals surface area contributed by atoms with Gasteiger partial charge in [0, 0.05) is 6.42 Å². The van der Waals surface area contributed by atoms with Crippen molar-refractivity contribution in [1.29, 1.82) is 0 Å². The van der Waals surface area contributed by atoms with Gasteiger partial charge in [0.1, 0.15) is 5.78 Å². The van der Waals surface area contributed by atoms with Crippen molar-refractivity contribution in [2.45, 2.75) is 33.6 Å². The van der Waals surface area contributed by atoms with E-state index in [9.17, 15) is 9.59 Å². The largest absolute Gasteiger partial charge is 0.466 e. The summed E-state index contributed by atoms with van der Waals surface area (Å²) in [4.78, 5) is 22.5. The van der Waals surface area contributed by atoms with Crippen LogP contribution in [0, 0.1) is 6.92 Å². The molecule has 0 saturated carbocycles. The first kappa shape index (κ1) is 13.4. The van der Waals surface area contributed by atoms with Crippen LogP contribution < -0.4 is 0 Å². The second kappa shape index (κ2) is 6.18. The molecule has 0 fully saturated rings. The molecular weight excluding hydrogens is 216 g/mol. The average Bonchev–Trinajstić information content (AvgIpc) is 2.23. The quantitative estimate of drug-likeness (QED) is 0.734. The van der Waals surface area contributed by atoms with Gasteiger partial charge in [-0.05, 0) is 37.5 Å². The maximum atomic E-state index is 11.4. The van der Waals surface area contributed by atoms with Crippen LogP contribution in [0.4, 0.5) is 0 Å². The third kappa shape index (κ3) is 4.02. The van der Waals surface area contributed by atoms with Crippen LogP contribution in [0.3, 0.4) is 0 Å². The molecule has 0 aromatic heterocycles. The van der Waals surface area contributed by atoms with E-state index in [1.54, 1.807) is 13.8 Å². The topological polar surface area (TPSA) is 43.4 Å². The number of benzene rings is 1. The van der Waals surface area contributed by atoms with Crippen molar-refractivity contribution in [3.05, 3.63) is 34.9 Å². The number of hydrogen-bond acceptors (Lipinski definition) is 3. The van der Waals surface area contributed by atoms with Gasteiger partial charge in [0.2, 0.25) is 0 Å². The molecule has 0 aliphatic heterocycles. The molecule has 3 heteroatoms. The Kier molecular flexibility index (Phi) is 4.88. The molecule has 0 saturated heterocycles. The Morgan fingerprint density at radius 2 is 1.76 bits per heavy atom. The summed E-state index contributed by atoms with van der Waals surface area (Å²) in [6, 6.07) is 5.70. The van der Waals surface area contributed by atoms with E-state index < -0.39 is 0 Å². The summed E-state index contributed by atoms with van der Waals surface area (Å²) in [6.07, 6.45) is 0.688. The van der Waals surface area contributed by atoms with E-state index in [0.717, 1.165) is 16.7 Å². The molecule has 1 aromatic rings. The second-order valence-electron chi connectivity index (χ2n) is 4.06. The summed E-state index contributed by atoms with van der Waals surface area (Å²) < 4.78 is 4.92. The smallest absolute Gasteiger partial charge is 0.310 e. The molecule has 3 nitrogen and oxygen atoms in total. The van der Waals surface area contributed by atoms with Crippen molar-refractivity contribution >= 4 is 11.8 Å². The highest BCUT2D eigenvalue weighted by molar-refractivity contribution is 5.79. The summed E-state index contributed by atoms with van der Waals surface area (Å²) >= 11 is 0. The number of Topliss-reactive ketones (excluding diaryl/α,β-unsaturated/α-hetero) is 1. The maximum Gasteiger partial charge on any atom is 0.310 e. The summed E-state index contributed by atoms with van der Waals surface area (Å²) in [5.74, 6) is -0.100. The lowest BCUT2D eigenvalue weighted by molar-refractivity contribution is -0.142. The molecule has 17 heavy (non-hydrogen) atoms. The average molecular weight is 234 g/mol. The number of esters is 1. The Labute approximate surface area is 102 Å². The molecule has 1 rings (SSSR count). The van der Waals surface area contributed by atoms with Crippen LogP contribution in [0.2, 0.25) is 0 Å². The number of hydrogen-bond donors (Lipinski definition) is 0. The number of rotatable bonds is 5. The zero-order valence-electron chi connectivity index (χ0n) is 10.6. The van der Waals surface area contributed by atoms with Crippen LogP contribution in [0.1, 0.15) is 30.5 Å². The first-order chi connectivity index (χ1) is 8.04. The van der Waals surface area contributed by atoms with Gasteiger partial charge in [0.25, 0.3) is 0 Å². The minimum absolute atomic E-state index is 0.126. The standard InChI is InChI=1S/C14H18O3/c1-4-17-14(16)9-13-7-5-6-12(11(13)3)8-10(2)15/h5-7H,4,8-9H2,1-3H3.